The maximum atomic E-state index is 11.9. The number of halogens is 1. The van der Waals surface area contributed by atoms with Crippen LogP contribution in [0.25, 0.3) is 0 Å². The molecule has 0 aliphatic heterocycles. The van der Waals surface area contributed by atoms with Crippen molar-refractivity contribution in [2.45, 2.75) is 19.3 Å². The minimum absolute atomic E-state index is 0.0914. The molecular formula is C11H13ClN2O. The van der Waals surface area contributed by atoms with E-state index in [9.17, 15) is 4.79 Å². The Balaban J connectivity index is 2.07. The molecule has 0 unspecified atom stereocenters. The molecule has 4 heteroatoms. The van der Waals surface area contributed by atoms with E-state index in [0.29, 0.717) is 23.1 Å². The summed E-state index contributed by atoms with van der Waals surface area (Å²) in [4.78, 5) is 11.9. The fourth-order valence-corrected chi connectivity index (χ4v) is 2.19. The third-order valence-electron chi connectivity index (χ3n) is 2.74. The van der Waals surface area contributed by atoms with Crippen molar-refractivity contribution in [3.8, 4) is 0 Å². The Bertz CT molecular complexity index is 381. The molecule has 1 heterocycles. The molecule has 0 fully saturated rings. The quantitative estimate of drug-likeness (QED) is 0.584. The van der Waals surface area contributed by atoms with E-state index in [1.807, 2.05) is 0 Å². The second-order valence-corrected chi connectivity index (χ2v) is 4.31. The number of rotatable bonds is 3. The highest BCUT2D eigenvalue weighted by Crippen LogP contribution is 2.25. The summed E-state index contributed by atoms with van der Waals surface area (Å²) < 4.78 is 1.55. The third kappa shape index (κ3) is 2.12. The number of carbonyl (C=O) groups excluding carboxylic acids is 1. The van der Waals surface area contributed by atoms with E-state index in [2.05, 4.69) is 17.3 Å². The van der Waals surface area contributed by atoms with E-state index >= 15 is 0 Å². The molecule has 0 saturated heterocycles. The van der Waals surface area contributed by atoms with Gasteiger partial charge in [0.2, 0.25) is 0 Å². The molecule has 80 valence electrons. The third-order valence-corrected chi connectivity index (χ3v) is 3.01. The number of ketones is 1. The van der Waals surface area contributed by atoms with Crippen molar-refractivity contribution in [3.05, 3.63) is 29.1 Å². The minimum Gasteiger partial charge on any atom is -0.292 e. The molecule has 2 rings (SSSR count). The number of aryl methyl sites for hydroxylation is 1. The molecule has 0 N–H and O–H groups in total. The number of hydrogen-bond donors (Lipinski definition) is 0. The molecule has 0 radical (unpaired) electrons. The monoisotopic (exact) mass is 224 g/mol. The van der Waals surface area contributed by atoms with Crippen molar-refractivity contribution < 1.29 is 4.79 Å². The molecule has 0 spiro atoms. The predicted molar refractivity (Wildman–Crippen MR) is 59.0 cm³/mol. The molecule has 0 saturated carbocycles. The van der Waals surface area contributed by atoms with E-state index in [1.54, 1.807) is 11.7 Å². The van der Waals surface area contributed by atoms with Gasteiger partial charge in [-0.3, -0.25) is 9.48 Å². The minimum atomic E-state index is 0.0914. The SMILES string of the molecule is Cn1ncc(Cl)c1C(=O)CC1CC=CC1. The van der Waals surface area contributed by atoms with Gasteiger partial charge < -0.3 is 0 Å². The smallest absolute Gasteiger partial charge is 0.182 e. The van der Waals surface area contributed by atoms with Gasteiger partial charge >= 0.3 is 0 Å². The first-order chi connectivity index (χ1) is 7.18. The van der Waals surface area contributed by atoms with Gasteiger partial charge in [0.1, 0.15) is 5.69 Å². The second kappa shape index (κ2) is 4.19. The van der Waals surface area contributed by atoms with Gasteiger partial charge in [0.25, 0.3) is 0 Å². The van der Waals surface area contributed by atoms with Crippen molar-refractivity contribution in [1.29, 1.82) is 0 Å². The first-order valence-corrected chi connectivity index (χ1v) is 5.42. The lowest BCUT2D eigenvalue weighted by Crippen LogP contribution is -2.11. The molecular weight excluding hydrogens is 212 g/mol. The molecule has 1 aromatic heterocycles. The van der Waals surface area contributed by atoms with Crippen molar-refractivity contribution >= 4 is 17.4 Å². The van der Waals surface area contributed by atoms with E-state index < -0.39 is 0 Å². The van der Waals surface area contributed by atoms with E-state index in [-0.39, 0.29) is 5.78 Å². The van der Waals surface area contributed by atoms with Gasteiger partial charge in [-0.15, -0.1) is 0 Å². The van der Waals surface area contributed by atoms with Gasteiger partial charge in [-0.2, -0.15) is 5.10 Å². The van der Waals surface area contributed by atoms with Crippen molar-refractivity contribution in [3.63, 3.8) is 0 Å². The zero-order valence-corrected chi connectivity index (χ0v) is 9.37. The van der Waals surface area contributed by atoms with Crippen LogP contribution in [0.15, 0.2) is 18.3 Å². The van der Waals surface area contributed by atoms with Gasteiger partial charge in [0, 0.05) is 13.5 Å². The summed E-state index contributed by atoms with van der Waals surface area (Å²) in [6, 6.07) is 0. The number of aromatic nitrogens is 2. The van der Waals surface area contributed by atoms with Gasteiger partial charge in [0.15, 0.2) is 5.78 Å². The summed E-state index contributed by atoms with van der Waals surface area (Å²) >= 11 is 5.91. The molecule has 0 atom stereocenters. The average Bonchev–Trinajstić information content (AvgIpc) is 2.77. The van der Waals surface area contributed by atoms with Crippen LogP contribution in [0.1, 0.15) is 29.8 Å². The Labute approximate surface area is 93.7 Å². The molecule has 3 nitrogen and oxygen atoms in total. The van der Waals surface area contributed by atoms with Gasteiger partial charge in [-0.25, -0.2) is 0 Å². The van der Waals surface area contributed by atoms with E-state index in [0.717, 1.165) is 12.8 Å². The van der Waals surface area contributed by atoms with Crippen LogP contribution in [0.3, 0.4) is 0 Å². The molecule has 1 aliphatic rings. The van der Waals surface area contributed by atoms with Crippen LogP contribution < -0.4 is 0 Å². The molecule has 0 amide bonds. The van der Waals surface area contributed by atoms with Crippen molar-refractivity contribution in [2.75, 3.05) is 0 Å². The highest BCUT2D eigenvalue weighted by atomic mass is 35.5. The van der Waals surface area contributed by atoms with Crippen LogP contribution >= 0.6 is 11.6 Å². The highest BCUT2D eigenvalue weighted by Gasteiger charge is 2.20. The maximum absolute atomic E-state index is 11.9. The maximum Gasteiger partial charge on any atom is 0.182 e. The Morgan fingerprint density at radius 3 is 2.80 bits per heavy atom. The average molecular weight is 225 g/mol. The Kier molecular flexibility index (Phi) is 2.91. The van der Waals surface area contributed by atoms with Crippen molar-refractivity contribution in [2.24, 2.45) is 13.0 Å². The topological polar surface area (TPSA) is 34.9 Å². The Hall–Kier alpha value is -1.09. The van der Waals surface area contributed by atoms with Crippen LogP contribution in [0.5, 0.6) is 0 Å². The zero-order valence-electron chi connectivity index (χ0n) is 8.61. The first kappa shape index (κ1) is 10.4. The van der Waals surface area contributed by atoms with Crippen molar-refractivity contribution in [1.82, 2.24) is 9.78 Å². The van der Waals surface area contributed by atoms with E-state index in [1.165, 1.54) is 6.20 Å². The number of Topliss-reactive ketones (excluding diaryl/α,β-unsaturated/α-hetero) is 1. The lowest BCUT2D eigenvalue weighted by Gasteiger charge is -2.08. The number of nitrogens with zero attached hydrogens (tertiary/aromatic N) is 2. The summed E-state index contributed by atoms with van der Waals surface area (Å²) in [5.41, 5.74) is 0.531. The van der Waals surface area contributed by atoms with E-state index in [4.69, 9.17) is 11.6 Å². The predicted octanol–water partition coefficient (Wildman–Crippen LogP) is 2.61. The molecule has 15 heavy (non-hydrogen) atoms. The van der Waals surface area contributed by atoms with Crippen LogP contribution in [0.2, 0.25) is 5.02 Å². The molecule has 1 aliphatic carbocycles. The summed E-state index contributed by atoms with van der Waals surface area (Å²) in [5.74, 6) is 0.539. The molecule has 0 bridgehead atoms. The summed E-state index contributed by atoms with van der Waals surface area (Å²) in [7, 11) is 1.74. The van der Waals surface area contributed by atoms with Crippen LogP contribution in [0, 0.1) is 5.92 Å². The Morgan fingerprint density at radius 2 is 2.27 bits per heavy atom. The molecule has 0 aromatic carbocycles. The largest absolute Gasteiger partial charge is 0.292 e. The van der Waals surface area contributed by atoms with Gasteiger partial charge in [-0.05, 0) is 18.8 Å². The lowest BCUT2D eigenvalue weighted by atomic mass is 9.99. The summed E-state index contributed by atoms with van der Waals surface area (Å²) in [6.45, 7) is 0. The van der Waals surface area contributed by atoms with Crippen LogP contribution in [-0.4, -0.2) is 15.6 Å². The number of allylic oxidation sites excluding steroid dienone is 2. The fourth-order valence-electron chi connectivity index (χ4n) is 1.92. The summed E-state index contributed by atoms with van der Waals surface area (Å²) in [5, 5.41) is 4.41. The normalized spacial score (nSPS) is 16.1. The number of hydrogen-bond acceptors (Lipinski definition) is 2. The molecule has 1 aromatic rings. The summed E-state index contributed by atoms with van der Waals surface area (Å²) in [6.07, 6.45) is 8.34. The fraction of sp³-hybridized carbons (Fsp3) is 0.455. The second-order valence-electron chi connectivity index (χ2n) is 3.90. The van der Waals surface area contributed by atoms with Gasteiger partial charge in [-0.1, -0.05) is 23.8 Å². The highest BCUT2D eigenvalue weighted by molar-refractivity contribution is 6.33. The lowest BCUT2D eigenvalue weighted by molar-refractivity contribution is 0.0954. The van der Waals surface area contributed by atoms with Gasteiger partial charge in [0.05, 0.1) is 11.2 Å². The first-order valence-electron chi connectivity index (χ1n) is 5.04. The number of carbonyl (C=O) groups is 1. The zero-order chi connectivity index (χ0) is 10.8. The van der Waals surface area contributed by atoms with Crippen LogP contribution in [-0.2, 0) is 7.05 Å². The standard InChI is InChI=1S/C11H13ClN2O/c1-14-11(9(12)7-13-14)10(15)6-8-4-2-3-5-8/h2-3,7-8H,4-6H2,1H3. The Morgan fingerprint density at radius 1 is 1.60 bits per heavy atom. The van der Waals surface area contributed by atoms with Crippen LogP contribution in [0.4, 0.5) is 0 Å².